The molecular weight excluding hydrogens is 222 g/mol. The van der Waals surface area contributed by atoms with E-state index in [1.807, 2.05) is 31.2 Å². The maximum atomic E-state index is 11.2. The summed E-state index contributed by atoms with van der Waals surface area (Å²) in [6.45, 7) is 6.66. The van der Waals surface area contributed by atoms with Crippen LogP contribution in [0.4, 0.5) is 0 Å². The molecule has 16 heavy (non-hydrogen) atoms. The van der Waals surface area contributed by atoms with E-state index in [4.69, 9.17) is 11.6 Å². The fourth-order valence-corrected chi connectivity index (χ4v) is 1.65. The fourth-order valence-electron chi connectivity index (χ4n) is 1.46. The van der Waals surface area contributed by atoms with Gasteiger partial charge in [0.25, 0.3) is 0 Å². The quantitative estimate of drug-likeness (QED) is 0.859. The van der Waals surface area contributed by atoms with E-state index in [2.05, 4.69) is 19.2 Å². The monoisotopic (exact) mass is 239 g/mol. The van der Waals surface area contributed by atoms with Gasteiger partial charge in [-0.15, -0.1) is 0 Å². The lowest BCUT2D eigenvalue weighted by atomic mass is 9.84. The van der Waals surface area contributed by atoms with E-state index in [0.717, 1.165) is 10.6 Å². The number of amides is 1. The van der Waals surface area contributed by atoms with Gasteiger partial charge in [-0.25, -0.2) is 0 Å². The summed E-state index contributed by atoms with van der Waals surface area (Å²) in [5, 5.41) is 3.64. The molecule has 1 rings (SSSR count). The highest BCUT2D eigenvalue weighted by molar-refractivity contribution is 6.30. The van der Waals surface area contributed by atoms with Crippen molar-refractivity contribution in [3.05, 3.63) is 34.9 Å². The van der Waals surface area contributed by atoms with Crippen LogP contribution in [0.5, 0.6) is 0 Å². The third kappa shape index (κ3) is 3.53. The Morgan fingerprint density at radius 1 is 1.44 bits per heavy atom. The molecule has 0 spiro atoms. The summed E-state index contributed by atoms with van der Waals surface area (Å²) in [4.78, 5) is 11.2. The SMILES string of the molecule is CCC(=O)NCC(C)(C)c1cccc(Cl)c1. The van der Waals surface area contributed by atoms with E-state index in [1.165, 1.54) is 0 Å². The van der Waals surface area contributed by atoms with E-state index in [1.54, 1.807) is 0 Å². The van der Waals surface area contributed by atoms with Crippen LogP contribution < -0.4 is 5.32 Å². The van der Waals surface area contributed by atoms with Crippen molar-refractivity contribution in [3.63, 3.8) is 0 Å². The number of benzene rings is 1. The van der Waals surface area contributed by atoms with Gasteiger partial charge in [-0.1, -0.05) is 44.5 Å². The van der Waals surface area contributed by atoms with E-state index < -0.39 is 0 Å². The lowest BCUT2D eigenvalue weighted by Gasteiger charge is -2.25. The number of carbonyl (C=O) groups excluding carboxylic acids is 1. The van der Waals surface area contributed by atoms with Gasteiger partial charge in [-0.05, 0) is 17.7 Å². The summed E-state index contributed by atoms with van der Waals surface area (Å²) in [7, 11) is 0. The second-order valence-corrected chi connectivity index (χ2v) is 4.96. The lowest BCUT2D eigenvalue weighted by molar-refractivity contribution is -0.121. The molecule has 0 bridgehead atoms. The van der Waals surface area contributed by atoms with Gasteiger partial charge in [0.2, 0.25) is 5.91 Å². The molecule has 0 aromatic heterocycles. The third-order valence-corrected chi connectivity index (χ3v) is 2.89. The van der Waals surface area contributed by atoms with Crippen molar-refractivity contribution in [3.8, 4) is 0 Å². The van der Waals surface area contributed by atoms with Crippen LogP contribution in [0, 0.1) is 0 Å². The number of halogens is 1. The summed E-state index contributed by atoms with van der Waals surface area (Å²) in [6, 6.07) is 7.76. The minimum absolute atomic E-state index is 0.0788. The van der Waals surface area contributed by atoms with Crippen molar-refractivity contribution in [1.29, 1.82) is 0 Å². The molecule has 1 aromatic rings. The van der Waals surface area contributed by atoms with Crippen molar-refractivity contribution in [2.45, 2.75) is 32.6 Å². The molecule has 0 radical (unpaired) electrons. The Morgan fingerprint density at radius 3 is 2.69 bits per heavy atom. The third-order valence-electron chi connectivity index (χ3n) is 2.65. The van der Waals surface area contributed by atoms with Crippen molar-refractivity contribution < 1.29 is 4.79 Å². The van der Waals surface area contributed by atoms with Crippen LogP contribution in [0.1, 0.15) is 32.8 Å². The molecular formula is C13H18ClNO. The van der Waals surface area contributed by atoms with E-state index in [9.17, 15) is 4.79 Å². The maximum absolute atomic E-state index is 11.2. The molecule has 3 heteroatoms. The van der Waals surface area contributed by atoms with Gasteiger partial charge >= 0.3 is 0 Å². The maximum Gasteiger partial charge on any atom is 0.219 e. The van der Waals surface area contributed by atoms with Crippen LogP contribution in [0.25, 0.3) is 0 Å². The van der Waals surface area contributed by atoms with E-state index >= 15 is 0 Å². The fraction of sp³-hybridized carbons (Fsp3) is 0.462. The van der Waals surface area contributed by atoms with Crippen LogP contribution in [0.2, 0.25) is 5.02 Å². The molecule has 1 amide bonds. The van der Waals surface area contributed by atoms with Crippen molar-refractivity contribution in [2.24, 2.45) is 0 Å². The zero-order valence-corrected chi connectivity index (χ0v) is 10.8. The first kappa shape index (κ1) is 13.0. The first-order valence-corrected chi connectivity index (χ1v) is 5.86. The lowest BCUT2D eigenvalue weighted by Crippen LogP contribution is -2.36. The van der Waals surface area contributed by atoms with Gasteiger partial charge in [0, 0.05) is 23.4 Å². The van der Waals surface area contributed by atoms with Gasteiger partial charge in [0.1, 0.15) is 0 Å². The first-order valence-electron chi connectivity index (χ1n) is 5.48. The van der Waals surface area contributed by atoms with E-state index in [-0.39, 0.29) is 11.3 Å². The molecule has 1 N–H and O–H groups in total. The Hall–Kier alpha value is -1.02. The molecule has 0 saturated heterocycles. The molecule has 0 aliphatic carbocycles. The number of carbonyl (C=O) groups is 1. The summed E-state index contributed by atoms with van der Waals surface area (Å²) in [6.07, 6.45) is 0.519. The van der Waals surface area contributed by atoms with E-state index in [0.29, 0.717) is 13.0 Å². The van der Waals surface area contributed by atoms with Gasteiger partial charge in [-0.2, -0.15) is 0 Å². The Labute approximate surface area is 102 Å². The standard InChI is InChI=1S/C13H18ClNO/c1-4-12(16)15-9-13(2,3)10-6-5-7-11(14)8-10/h5-8H,4,9H2,1-3H3,(H,15,16). The average Bonchev–Trinajstić information content (AvgIpc) is 2.26. The highest BCUT2D eigenvalue weighted by atomic mass is 35.5. The second-order valence-electron chi connectivity index (χ2n) is 4.52. The van der Waals surface area contributed by atoms with Crippen molar-refractivity contribution in [2.75, 3.05) is 6.54 Å². The molecule has 0 atom stereocenters. The molecule has 0 saturated carbocycles. The Kier molecular flexibility index (Phi) is 4.36. The zero-order valence-electron chi connectivity index (χ0n) is 10.0. The molecule has 0 aliphatic heterocycles. The van der Waals surface area contributed by atoms with Crippen LogP contribution in [0.15, 0.2) is 24.3 Å². The summed E-state index contributed by atoms with van der Waals surface area (Å²) in [5.74, 6) is 0.0788. The number of rotatable bonds is 4. The number of hydrogen-bond acceptors (Lipinski definition) is 1. The zero-order chi connectivity index (χ0) is 12.2. The average molecular weight is 240 g/mol. The predicted molar refractivity (Wildman–Crippen MR) is 67.8 cm³/mol. The highest BCUT2D eigenvalue weighted by Gasteiger charge is 2.21. The predicted octanol–water partition coefficient (Wildman–Crippen LogP) is 3.14. The Balaban J connectivity index is 2.73. The smallest absolute Gasteiger partial charge is 0.219 e. The van der Waals surface area contributed by atoms with Gasteiger partial charge in [0.15, 0.2) is 0 Å². The normalized spacial score (nSPS) is 11.2. The minimum atomic E-state index is -0.101. The molecule has 0 fully saturated rings. The molecule has 1 aromatic carbocycles. The first-order chi connectivity index (χ1) is 7.45. The number of hydrogen-bond donors (Lipinski definition) is 1. The van der Waals surface area contributed by atoms with Crippen LogP contribution in [0.3, 0.4) is 0 Å². The van der Waals surface area contributed by atoms with Crippen LogP contribution in [-0.4, -0.2) is 12.5 Å². The van der Waals surface area contributed by atoms with Crippen LogP contribution >= 0.6 is 11.6 Å². The highest BCUT2D eigenvalue weighted by Crippen LogP contribution is 2.24. The largest absolute Gasteiger partial charge is 0.355 e. The Bertz CT molecular complexity index is 374. The van der Waals surface area contributed by atoms with Gasteiger partial charge in [0.05, 0.1) is 0 Å². The van der Waals surface area contributed by atoms with Crippen molar-refractivity contribution in [1.82, 2.24) is 5.32 Å². The number of nitrogens with one attached hydrogen (secondary N) is 1. The molecule has 88 valence electrons. The molecule has 0 aliphatic rings. The summed E-state index contributed by atoms with van der Waals surface area (Å²) >= 11 is 5.95. The van der Waals surface area contributed by atoms with Crippen LogP contribution in [-0.2, 0) is 10.2 Å². The summed E-state index contributed by atoms with van der Waals surface area (Å²) in [5.41, 5.74) is 1.03. The minimum Gasteiger partial charge on any atom is -0.355 e. The molecule has 0 heterocycles. The second kappa shape index (κ2) is 5.35. The molecule has 0 unspecified atom stereocenters. The van der Waals surface area contributed by atoms with Crippen molar-refractivity contribution >= 4 is 17.5 Å². The van der Waals surface area contributed by atoms with Gasteiger partial charge < -0.3 is 5.32 Å². The summed E-state index contributed by atoms with van der Waals surface area (Å²) < 4.78 is 0. The topological polar surface area (TPSA) is 29.1 Å². The Morgan fingerprint density at radius 2 is 2.12 bits per heavy atom. The molecule has 2 nitrogen and oxygen atoms in total. The van der Waals surface area contributed by atoms with Gasteiger partial charge in [-0.3, -0.25) is 4.79 Å².